The molecule has 0 heterocycles. The minimum absolute atomic E-state index is 0.00580. The molecule has 0 bridgehead atoms. The number of carbonyl (C=O) groups is 1. The van der Waals surface area contributed by atoms with Crippen LogP contribution in [0.15, 0.2) is 42.5 Å². The molecular formula is C20H26N2O2. The Morgan fingerprint density at radius 1 is 1.12 bits per heavy atom. The lowest BCUT2D eigenvalue weighted by atomic mass is 10.1. The summed E-state index contributed by atoms with van der Waals surface area (Å²) < 4.78 is 5.14. The zero-order chi connectivity index (χ0) is 17.4. The normalized spacial score (nSPS) is 10.5. The summed E-state index contributed by atoms with van der Waals surface area (Å²) in [5.41, 5.74) is 4.43. The number of carbonyl (C=O) groups excluding carboxylic acids is 1. The average molecular weight is 326 g/mol. The van der Waals surface area contributed by atoms with Crippen LogP contribution in [0.25, 0.3) is 0 Å². The van der Waals surface area contributed by atoms with Gasteiger partial charge in [-0.25, -0.2) is 0 Å². The number of amides is 1. The molecule has 0 aliphatic carbocycles. The lowest BCUT2D eigenvalue weighted by Gasteiger charge is -2.13. The summed E-state index contributed by atoms with van der Waals surface area (Å²) in [6.07, 6.45) is 1.78. The number of para-hydroxylation sites is 1. The summed E-state index contributed by atoms with van der Waals surface area (Å²) in [5, 5.41) is 6.22. The third-order valence-corrected chi connectivity index (χ3v) is 4.04. The van der Waals surface area contributed by atoms with Gasteiger partial charge in [0.05, 0.1) is 13.7 Å². The summed E-state index contributed by atoms with van der Waals surface area (Å²) in [6, 6.07) is 14.1. The first kappa shape index (κ1) is 18.0. The van der Waals surface area contributed by atoms with Gasteiger partial charge in [0.15, 0.2) is 0 Å². The van der Waals surface area contributed by atoms with Crippen LogP contribution in [-0.4, -0.2) is 26.1 Å². The Bertz CT molecular complexity index is 666. The monoisotopic (exact) mass is 326 g/mol. The topological polar surface area (TPSA) is 50.4 Å². The van der Waals surface area contributed by atoms with E-state index in [9.17, 15) is 4.79 Å². The van der Waals surface area contributed by atoms with Crippen molar-refractivity contribution in [3.63, 3.8) is 0 Å². The first-order valence-corrected chi connectivity index (χ1v) is 8.36. The molecule has 2 rings (SSSR count). The van der Waals surface area contributed by atoms with Gasteiger partial charge in [-0.1, -0.05) is 37.3 Å². The van der Waals surface area contributed by atoms with Gasteiger partial charge >= 0.3 is 0 Å². The SMILES string of the molecule is CCc1cccc(C)c1NC(=O)CNCCc1ccc(OC)cc1. The molecule has 0 fully saturated rings. The van der Waals surface area contributed by atoms with Crippen LogP contribution in [0.5, 0.6) is 5.75 Å². The van der Waals surface area contributed by atoms with Gasteiger partial charge in [-0.3, -0.25) is 4.79 Å². The first-order valence-electron chi connectivity index (χ1n) is 8.36. The van der Waals surface area contributed by atoms with Crippen LogP contribution < -0.4 is 15.4 Å². The Kier molecular flexibility index (Phi) is 6.82. The van der Waals surface area contributed by atoms with Gasteiger partial charge in [-0.15, -0.1) is 0 Å². The standard InChI is InChI=1S/C20H26N2O2/c1-4-17-7-5-6-15(2)20(17)22-19(23)14-21-13-12-16-8-10-18(24-3)11-9-16/h5-11,21H,4,12-14H2,1-3H3,(H,22,23). The van der Waals surface area contributed by atoms with Crippen molar-refractivity contribution >= 4 is 11.6 Å². The van der Waals surface area contributed by atoms with Crippen molar-refractivity contribution in [3.8, 4) is 5.75 Å². The van der Waals surface area contributed by atoms with Gasteiger partial charge in [-0.2, -0.15) is 0 Å². The van der Waals surface area contributed by atoms with Crippen LogP contribution in [0.4, 0.5) is 5.69 Å². The number of hydrogen-bond acceptors (Lipinski definition) is 3. The van der Waals surface area contributed by atoms with E-state index in [1.807, 2.05) is 43.3 Å². The van der Waals surface area contributed by atoms with E-state index in [2.05, 4.69) is 23.6 Å². The Labute approximate surface area is 144 Å². The van der Waals surface area contributed by atoms with Crippen molar-refractivity contribution in [2.24, 2.45) is 0 Å². The molecule has 0 saturated heterocycles. The molecule has 0 aliphatic heterocycles. The lowest BCUT2D eigenvalue weighted by molar-refractivity contribution is -0.115. The Hall–Kier alpha value is -2.33. The van der Waals surface area contributed by atoms with E-state index in [1.54, 1.807) is 7.11 Å². The quantitative estimate of drug-likeness (QED) is 0.732. The minimum Gasteiger partial charge on any atom is -0.497 e. The van der Waals surface area contributed by atoms with E-state index in [4.69, 9.17) is 4.74 Å². The number of hydrogen-bond donors (Lipinski definition) is 2. The molecule has 0 saturated carbocycles. The van der Waals surface area contributed by atoms with E-state index in [0.717, 1.165) is 36.4 Å². The predicted octanol–water partition coefficient (Wildman–Crippen LogP) is 3.34. The fourth-order valence-corrected chi connectivity index (χ4v) is 2.61. The molecule has 0 spiro atoms. The molecule has 2 N–H and O–H groups in total. The first-order chi connectivity index (χ1) is 11.6. The Morgan fingerprint density at radius 2 is 1.88 bits per heavy atom. The van der Waals surface area contributed by atoms with Crippen LogP contribution in [0.1, 0.15) is 23.6 Å². The van der Waals surface area contributed by atoms with Gasteiger partial charge in [0.25, 0.3) is 0 Å². The van der Waals surface area contributed by atoms with Gasteiger partial charge in [0.2, 0.25) is 5.91 Å². The van der Waals surface area contributed by atoms with Crippen molar-refractivity contribution in [1.82, 2.24) is 5.32 Å². The summed E-state index contributed by atoms with van der Waals surface area (Å²) in [6.45, 7) is 5.19. The second kappa shape index (κ2) is 9.08. The second-order valence-electron chi connectivity index (χ2n) is 5.79. The molecule has 0 aliphatic rings. The van der Waals surface area contributed by atoms with E-state index in [1.165, 1.54) is 11.1 Å². The van der Waals surface area contributed by atoms with E-state index in [-0.39, 0.29) is 5.91 Å². The molecular weight excluding hydrogens is 300 g/mol. The van der Waals surface area contributed by atoms with Crippen LogP contribution in [0.2, 0.25) is 0 Å². The second-order valence-corrected chi connectivity index (χ2v) is 5.79. The molecule has 2 aromatic carbocycles. The highest BCUT2D eigenvalue weighted by molar-refractivity contribution is 5.93. The molecule has 0 unspecified atom stereocenters. The highest BCUT2D eigenvalue weighted by Gasteiger charge is 2.08. The number of anilines is 1. The van der Waals surface area contributed by atoms with Crippen LogP contribution in [0.3, 0.4) is 0 Å². The fraction of sp³-hybridized carbons (Fsp3) is 0.350. The number of rotatable bonds is 8. The van der Waals surface area contributed by atoms with E-state index in [0.29, 0.717) is 6.54 Å². The molecule has 0 atom stereocenters. The van der Waals surface area contributed by atoms with Crippen molar-refractivity contribution in [2.45, 2.75) is 26.7 Å². The maximum atomic E-state index is 12.1. The van der Waals surface area contributed by atoms with Crippen molar-refractivity contribution in [3.05, 3.63) is 59.2 Å². The molecule has 4 heteroatoms. The largest absolute Gasteiger partial charge is 0.497 e. The molecule has 4 nitrogen and oxygen atoms in total. The zero-order valence-electron chi connectivity index (χ0n) is 14.7. The van der Waals surface area contributed by atoms with Gasteiger partial charge in [-0.05, 0) is 55.1 Å². The zero-order valence-corrected chi connectivity index (χ0v) is 14.7. The molecule has 1 amide bonds. The lowest BCUT2D eigenvalue weighted by Crippen LogP contribution is -2.30. The molecule has 24 heavy (non-hydrogen) atoms. The van der Waals surface area contributed by atoms with Crippen LogP contribution in [0, 0.1) is 6.92 Å². The van der Waals surface area contributed by atoms with Crippen LogP contribution in [-0.2, 0) is 17.6 Å². The average Bonchev–Trinajstić information content (AvgIpc) is 2.61. The highest BCUT2D eigenvalue weighted by Crippen LogP contribution is 2.20. The van der Waals surface area contributed by atoms with Crippen molar-refractivity contribution in [1.29, 1.82) is 0 Å². The number of methoxy groups -OCH3 is 1. The van der Waals surface area contributed by atoms with Gasteiger partial charge in [0, 0.05) is 5.69 Å². The maximum Gasteiger partial charge on any atom is 0.238 e. The summed E-state index contributed by atoms with van der Waals surface area (Å²) in [7, 11) is 1.66. The number of aryl methyl sites for hydroxylation is 2. The number of benzene rings is 2. The number of ether oxygens (including phenoxy) is 1. The van der Waals surface area contributed by atoms with Crippen molar-refractivity contribution in [2.75, 3.05) is 25.5 Å². The third kappa shape index (κ3) is 5.10. The van der Waals surface area contributed by atoms with Crippen LogP contribution >= 0.6 is 0 Å². The summed E-state index contributed by atoms with van der Waals surface area (Å²) in [4.78, 5) is 12.1. The third-order valence-electron chi connectivity index (χ3n) is 4.04. The summed E-state index contributed by atoms with van der Waals surface area (Å²) in [5.74, 6) is 0.852. The Morgan fingerprint density at radius 3 is 2.54 bits per heavy atom. The summed E-state index contributed by atoms with van der Waals surface area (Å²) >= 11 is 0. The van der Waals surface area contributed by atoms with Crippen molar-refractivity contribution < 1.29 is 9.53 Å². The molecule has 0 aromatic heterocycles. The molecule has 2 aromatic rings. The number of nitrogens with one attached hydrogen (secondary N) is 2. The van der Waals surface area contributed by atoms with E-state index >= 15 is 0 Å². The molecule has 128 valence electrons. The predicted molar refractivity (Wildman–Crippen MR) is 98.8 cm³/mol. The van der Waals surface area contributed by atoms with Gasteiger partial charge < -0.3 is 15.4 Å². The molecule has 0 radical (unpaired) electrons. The van der Waals surface area contributed by atoms with Gasteiger partial charge in [0.1, 0.15) is 5.75 Å². The Balaban J connectivity index is 1.77. The maximum absolute atomic E-state index is 12.1. The highest BCUT2D eigenvalue weighted by atomic mass is 16.5. The minimum atomic E-state index is -0.00580. The smallest absolute Gasteiger partial charge is 0.238 e. The van der Waals surface area contributed by atoms with E-state index < -0.39 is 0 Å². The fourth-order valence-electron chi connectivity index (χ4n) is 2.61.